The largest absolute Gasteiger partial charge is 0.493 e. The summed E-state index contributed by atoms with van der Waals surface area (Å²) in [4.78, 5) is 25.1. The summed E-state index contributed by atoms with van der Waals surface area (Å²) in [7, 11) is 1.53. The van der Waals surface area contributed by atoms with Gasteiger partial charge in [0, 0.05) is 5.02 Å². The SMILES string of the molecule is COc1cc(/C=C2/C(=O)NN(c3ccccc3)C2=O)ccc1OCc1ccc(Cl)cc1. The van der Waals surface area contributed by atoms with Crippen molar-refractivity contribution in [3.05, 3.63) is 94.5 Å². The summed E-state index contributed by atoms with van der Waals surface area (Å²) in [6, 6.07) is 21.5. The molecule has 0 bridgehead atoms. The molecule has 0 aromatic heterocycles. The monoisotopic (exact) mass is 434 g/mol. The molecule has 1 N–H and O–H groups in total. The minimum absolute atomic E-state index is 0.0424. The van der Waals surface area contributed by atoms with Crippen molar-refractivity contribution >= 4 is 35.2 Å². The summed E-state index contributed by atoms with van der Waals surface area (Å²) in [5.74, 6) is 0.163. The van der Waals surface area contributed by atoms with E-state index in [9.17, 15) is 9.59 Å². The van der Waals surface area contributed by atoms with Crippen LogP contribution in [0.3, 0.4) is 0 Å². The van der Waals surface area contributed by atoms with Gasteiger partial charge < -0.3 is 9.47 Å². The van der Waals surface area contributed by atoms with Crippen molar-refractivity contribution < 1.29 is 19.1 Å². The van der Waals surface area contributed by atoms with Crippen molar-refractivity contribution in [2.24, 2.45) is 0 Å². The van der Waals surface area contributed by atoms with Crippen LogP contribution in [-0.2, 0) is 16.2 Å². The zero-order valence-electron chi connectivity index (χ0n) is 16.7. The van der Waals surface area contributed by atoms with Crippen LogP contribution in [0.25, 0.3) is 6.08 Å². The highest BCUT2D eigenvalue weighted by Gasteiger charge is 2.34. The molecule has 1 aliphatic rings. The maximum atomic E-state index is 12.7. The summed E-state index contributed by atoms with van der Waals surface area (Å²) < 4.78 is 11.3. The van der Waals surface area contributed by atoms with Gasteiger partial charge in [-0.25, -0.2) is 5.01 Å². The van der Waals surface area contributed by atoms with Crippen LogP contribution in [0.15, 0.2) is 78.4 Å². The van der Waals surface area contributed by atoms with Crippen molar-refractivity contribution in [2.45, 2.75) is 6.61 Å². The van der Waals surface area contributed by atoms with Crippen LogP contribution in [0.4, 0.5) is 5.69 Å². The van der Waals surface area contributed by atoms with Gasteiger partial charge in [0.1, 0.15) is 12.2 Å². The highest BCUT2D eigenvalue weighted by atomic mass is 35.5. The first-order valence-corrected chi connectivity index (χ1v) is 9.90. The standard InChI is InChI=1S/C24H19ClN2O4/c1-30-22-14-17(9-12-21(22)31-15-16-7-10-18(25)11-8-16)13-20-23(28)26-27(24(20)29)19-5-3-2-4-6-19/h2-14H,15H2,1H3,(H,26,28)/b20-13-. The molecule has 4 rings (SSSR count). The second-order valence-electron chi connectivity index (χ2n) is 6.80. The number of nitrogens with one attached hydrogen (secondary N) is 1. The fraction of sp³-hybridized carbons (Fsp3) is 0.0833. The van der Waals surface area contributed by atoms with Crippen LogP contribution in [0.2, 0.25) is 5.02 Å². The Hall–Kier alpha value is -3.77. The Morgan fingerprint density at radius 2 is 1.71 bits per heavy atom. The van der Waals surface area contributed by atoms with Crippen molar-refractivity contribution in [3.8, 4) is 11.5 Å². The van der Waals surface area contributed by atoms with Crippen LogP contribution in [0.5, 0.6) is 11.5 Å². The number of hydrazine groups is 1. The van der Waals surface area contributed by atoms with Crippen LogP contribution < -0.4 is 19.9 Å². The number of rotatable bonds is 6. The zero-order valence-corrected chi connectivity index (χ0v) is 17.4. The Bertz CT molecular complexity index is 1140. The van der Waals surface area contributed by atoms with Crippen molar-refractivity contribution in [1.82, 2.24) is 5.43 Å². The third kappa shape index (κ3) is 4.54. The Kier molecular flexibility index (Phi) is 5.91. The average Bonchev–Trinajstić information content (AvgIpc) is 3.08. The highest BCUT2D eigenvalue weighted by Crippen LogP contribution is 2.30. The number of para-hydroxylation sites is 1. The van der Waals surface area contributed by atoms with E-state index in [1.54, 1.807) is 54.6 Å². The molecule has 0 saturated carbocycles. The van der Waals surface area contributed by atoms with E-state index in [0.29, 0.717) is 34.4 Å². The predicted molar refractivity (Wildman–Crippen MR) is 119 cm³/mol. The predicted octanol–water partition coefficient (Wildman–Crippen LogP) is 4.39. The van der Waals surface area contributed by atoms with Gasteiger partial charge in [-0.2, -0.15) is 0 Å². The number of benzene rings is 3. The fourth-order valence-electron chi connectivity index (χ4n) is 3.12. The molecule has 31 heavy (non-hydrogen) atoms. The average molecular weight is 435 g/mol. The topological polar surface area (TPSA) is 67.9 Å². The number of carbonyl (C=O) groups excluding carboxylic acids is 2. The second kappa shape index (κ2) is 8.93. The van der Waals surface area contributed by atoms with E-state index in [4.69, 9.17) is 21.1 Å². The maximum absolute atomic E-state index is 12.7. The first-order chi connectivity index (χ1) is 15.0. The van der Waals surface area contributed by atoms with Gasteiger partial charge in [-0.1, -0.05) is 48.0 Å². The van der Waals surface area contributed by atoms with Crippen molar-refractivity contribution in [3.63, 3.8) is 0 Å². The van der Waals surface area contributed by atoms with Gasteiger partial charge in [0.25, 0.3) is 11.8 Å². The Morgan fingerprint density at radius 3 is 2.42 bits per heavy atom. The van der Waals surface area contributed by atoms with E-state index in [1.165, 1.54) is 18.2 Å². The minimum atomic E-state index is -0.462. The highest BCUT2D eigenvalue weighted by molar-refractivity contribution is 6.31. The Balaban J connectivity index is 1.53. The maximum Gasteiger partial charge on any atom is 0.282 e. The molecular weight excluding hydrogens is 416 g/mol. The Morgan fingerprint density at radius 1 is 0.968 bits per heavy atom. The lowest BCUT2D eigenvalue weighted by Gasteiger charge is -2.14. The third-order valence-electron chi connectivity index (χ3n) is 4.71. The molecule has 1 heterocycles. The van der Waals surface area contributed by atoms with E-state index < -0.39 is 11.8 Å². The summed E-state index contributed by atoms with van der Waals surface area (Å²) >= 11 is 5.91. The van der Waals surface area contributed by atoms with E-state index in [1.807, 2.05) is 18.2 Å². The molecule has 0 radical (unpaired) electrons. The molecule has 1 fully saturated rings. The minimum Gasteiger partial charge on any atom is -0.493 e. The second-order valence-corrected chi connectivity index (χ2v) is 7.24. The van der Waals surface area contributed by atoms with Crippen LogP contribution in [0, 0.1) is 0 Å². The number of amides is 2. The lowest BCUT2D eigenvalue weighted by molar-refractivity contribution is -0.117. The molecule has 0 aliphatic carbocycles. The summed E-state index contributed by atoms with van der Waals surface area (Å²) in [5.41, 5.74) is 4.82. The van der Waals surface area contributed by atoms with Crippen molar-refractivity contribution in [1.29, 1.82) is 0 Å². The summed E-state index contributed by atoms with van der Waals surface area (Å²) in [6.45, 7) is 0.348. The molecule has 0 spiro atoms. The molecule has 156 valence electrons. The zero-order chi connectivity index (χ0) is 21.8. The first-order valence-electron chi connectivity index (χ1n) is 9.52. The van der Waals surface area contributed by atoms with Gasteiger partial charge in [0.05, 0.1) is 12.8 Å². The third-order valence-corrected chi connectivity index (χ3v) is 4.96. The van der Waals surface area contributed by atoms with Gasteiger partial charge >= 0.3 is 0 Å². The number of halogens is 1. The van der Waals surface area contributed by atoms with Crippen LogP contribution in [-0.4, -0.2) is 18.9 Å². The molecule has 1 aliphatic heterocycles. The normalized spacial score (nSPS) is 14.6. The first kappa shape index (κ1) is 20.5. The van der Waals surface area contributed by atoms with Gasteiger partial charge in [-0.15, -0.1) is 0 Å². The number of hydrogen-bond donors (Lipinski definition) is 1. The van der Waals surface area contributed by atoms with Crippen LogP contribution in [0.1, 0.15) is 11.1 Å². The number of carbonyl (C=O) groups is 2. The molecule has 0 unspecified atom stereocenters. The fourth-order valence-corrected chi connectivity index (χ4v) is 3.24. The smallest absolute Gasteiger partial charge is 0.282 e. The molecule has 2 amide bonds. The van der Waals surface area contributed by atoms with Gasteiger partial charge in [0.2, 0.25) is 0 Å². The van der Waals surface area contributed by atoms with Gasteiger partial charge in [0.15, 0.2) is 11.5 Å². The van der Waals surface area contributed by atoms with E-state index in [0.717, 1.165) is 5.56 Å². The number of anilines is 1. The lowest BCUT2D eigenvalue weighted by Crippen LogP contribution is -2.35. The number of nitrogens with zero attached hydrogens (tertiary/aromatic N) is 1. The van der Waals surface area contributed by atoms with Gasteiger partial charge in [-0.05, 0) is 53.6 Å². The number of hydrogen-bond acceptors (Lipinski definition) is 4. The van der Waals surface area contributed by atoms with E-state index in [2.05, 4.69) is 5.43 Å². The number of ether oxygens (including phenoxy) is 2. The molecule has 1 saturated heterocycles. The van der Waals surface area contributed by atoms with E-state index in [-0.39, 0.29) is 5.57 Å². The molecule has 0 atom stereocenters. The number of methoxy groups -OCH3 is 1. The molecule has 7 heteroatoms. The molecular formula is C24H19ClN2O4. The van der Waals surface area contributed by atoms with Crippen molar-refractivity contribution in [2.75, 3.05) is 12.1 Å². The molecule has 3 aromatic carbocycles. The Labute approximate surface area is 184 Å². The van der Waals surface area contributed by atoms with Gasteiger partial charge in [-0.3, -0.25) is 15.0 Å². The lowest BCUT2D eigenvalue weighted by atomic mass is 10.1. The molecule has 6 nitrogen and oxygen atoms in total. The quantitative estimate of drug-likeness (QED) is 0.461. The molecule has 3 aromatic rings. The van der Waals surface area contributed by atoms with Crippen LogP contribution >= 0.6 is 11.6 Å². The summed E-state index contributed by atoms with van der Waals surface area (Å²) in [6.07, 6.45) is 1.53. The van der Waals surface area contributed by atoms with E-state index >= 15 is 0 Å². The summed E-state index contributed by atoms with van der Waals surface area (Å²) in [5, 5.41) is 1.89.